The van der Waals surface area contributed by atoms with Crippen LogP contribution in [0.4, 0.5) is 0 Å². The number of benzene rings is 2. The normalized spacial score (nSPS) is 13.7. The molecule has 0 bridgehead atoms. The van der Waals surface area contributed by atoms with Crippen molar-refractivity contribution >= 4 is 34.8 Å². The van der Waals surface area contributed by atoms with E-state index in [1.165, 1.54) is 11.3 Å². The van der Waals surface area contributed by atoms with Gasteiger partial charge in [-0.1, -0.05) is 60.2 Å². The van der Waals surface area contributed by atoms with Gasteiger partial charge in [-0.25, -0.2) is 5.48 Å². The zero-order valence-corrected chi connectivity index (χ0v) is 17.4. The van der Waals surface area contributed by atoms with Gasteiger partial charge >= 0.3 is 0 Å². The summed E-state index contributed by atoms with van der Waals surface area (Å²) in [6.45, 7) is 3.06. The molecule has 0 radical (unpaired) electrons. The summed E-state index contributed by atoms with van der Waals surface area (Å²) in [6.07, 6.45) is 2.62. The van der Waals surface area contributed by atoms with Crippen molar-refractivity contribution < 1.29 is 14.8 Å². The highest BCUT2D eigenvalue weighted by Gasteiger charge is 2.26. The Balaban J connectivity index is 1.65. The molecule has 1 aliphatic heterocycles. The maximum absolute atomic E-state index is 13.5. The predicted octanol–water partition coefficient (Wildman–Crippen LogP) is 4.30. The molecule has 6 heteroatoms. The predicted molar refractivity (Wildman–Crippen MR) is 118 cm³/mol. The fourth-order valence-corrected chi connectivity index (χ4v) is 4.61. The van der Waals surface area contributed by atoms with Crippen molar-refractivity contribution in [2.24, 2.45) is 0 Å². The average molecular weight is 419 g/mol. The number of carbonyl (C=O) groups excluding carboxylic acids is 2. The molecular formula is C24H22N2O3S. The Kier molecular flexibility index (Phi) is 5.79. The van der Waals surface area contributed by atoms with Crippen molar-refractivity contribution in [3.63, 3.8) is 0 Å². The molecular weight excluding hydrogens is 396 g/mol. The molecule has 3 aromatic rings. The Morgan fingerprint density at radius 1 is 1.10 bits per heavy atom. The van der Waals surface area contributed by atoms with Gasteiger partial charge in [0.2, 0.25) is 0 Å². The second kappa shape index (κ2) is 8.65. The number of hydroxylamine groups is 1. The number of amides is 2. The van der Waals surface area contributed by atoms with E-state index in [0.717, 1.165) is 27.1 Å². The third kappa shape index (κ3) is 4.20. The zero-order chi connectivity index (χ0) is 21.1. The molecule has 30 heavy (non-hydrogen) atoms. The molecule has 2 aromatic carbocycles. The van der Waals surface area contributed by atoms with Crippen LogP contribution in [0.5, 0.6) is 0 Å². The summed E-state index contributed by atoms with van der Waals surface area (Å²) in [5, 5.41) is 8.88. The van der Waals surface area contributed by atoms with Crippen LogP contribution >= 0.6 is 11.3 Å². The molecule has 0 unspecified atom stereocenters. The highest BCUT2D eigenvalue weighted by atomic mass is 32.1. The van der Waals surface area contributed by atoms with E-state index in [9.17, 15) is 9.59 Å². The van der Waals surface area contributed by atoms with Crippen molar-refractivity contribution in [3.05, 3.63) is 92.7 Å². The first-order valence-corrected chi connectivity index (χ1v) is 10.6. The van der Waals surface area contributed by atoms with E-state index in [0.29, 0.717) is 30.0 Å². The lowest BCUT2D eigenvalue weighted by molar-refractivity contribution is -0.125. The van der Waals surface area contributed by atoms with Crippen LogP contribution in [0.3, 0.4) is 0 Å². The molecule has 0 aliphatic carbocycles. The maximum Gasteiger partial charge on any atom is 0.284 e. The molecule has 152 valence electrons. The third-order valence-corrected chi connectivity index (χ3v) is 6.42. The summed E-state index contributed by atoms with van der Waals surface area (Å²) in [7, 11) is 0. The minimum Gasteiger partial charge on any atom is -0.334 e. The van der Waals surface area contributed by atoms with Gasteiger partial charge in [0, 0.05) is 23.5 Å². The first kappa shape index (κ1) is 20.1. The van der Waals surface area contributed by atoms with E-state index in [1.807, 2.05) is 72.5 Å². The molecule has 4 rings (SSSR count). The molecule has 0 fully saturated rings. The van der Waals surface area contributed by atoms with E-state index in [2.05, 4.69) is 0 Å². The molecule has 5 nitrogen and oxygen atoms in total. The zero-order valence-electron chi connectivity index (χ0n) is 16.6. The number of thiophene rings is 1. The van der Waals surface area contributed by atoms with Gasteiger partial charge in [0.25, 0.3) is 11.8 Å². The summed E-state index contributed by atoms with van der Waals surface area (Å²) in [4.78, 5) is 28.6. The van der Waals surface area contributed by atoms with Crippen molar-refractivity contribution in [2.45, 2.75) is 19.9 Å². The SMILES string of the molecule is Cc1ccc(C(=Cc2ccccc2)C(=O)N2CCc3sc(C(=O)NO)cc3C2)cc1. The van der Waals surface area contributed by atoms with Gasteiger partial charge in [-0.3, -0.25) is 14.8 Å². The fourth-order valence-electron chi connectivity index (χ4n) is 3.56. The molecule has 0 saturated carbocycles. The van der Waals surface area contributed by atoms with Crippen molar-refractivity contribution in [2.75, 3.05) is 6.54 Å². The Morgan fingerprint density at radius 2 is 1.83 bits per heavy atom. The first-order chi connectivity index (χ1) is 14.5. The van der Waals surface area contributed by atoms with E-state index in [-0.39, 0.29) is 5.91 Å². The quantitative estimate of drug-likeness (QED) is 0.287. The van der Waals surface area contributed by atoms with Gasteiger partial charge in [0.05, 0.1) is 4.88 Å². The lowest BCUT2D eigenvalue weighted by Gasteiger charge is -2.28. The Hall–Kier alpha value is -3.22. The topological polar surface area (TPSA) is 69.6 Å². The monoisotopic (exact) mass is 418 g/mol. The standard InChI is InChI=1S/C24H22N2O3S/c1-16-7-9-18(10-8-16)20(13-17-5-3-2-4-6-17)24(28)26-12-11-21-19(15-26)14-22(30-21)23(27)25-29/h2-10,13-14,29H,11-12,15H2,1H3,(H,25,27). The second-order valence-electron chi connectivity index (χ2n) is 7.31. The van der Waals surface area contributed by atoms with E-state index in [4.69, 9.17) is 5.21 Å². The van der Waals surface area contributed by atoms with Gasteiger partial charge in [-0.2, -0.15) is 0 Å². The van der Waals surface area contributed by atoms with Crippen LogP contribution in [0, 0.1) is 6.92 Å². The van der Waals surface area contributed by atoms with Crippen LogP contribution < -0.4 is 5.48 Å². The summed E-state index contributed by atoms with van der Waals surface area (Å²) >= 11 is 1.37. The molecule has 0 atom stereocenters. The first-order valence-electron chi connectivity index (χ1n) is 9.74. The molecule has 0 spiro atoms. The van der Waals surface area contributed by atoms with Crippen LogP contribution in [0.25, 0.3) is 11.6 Å². The van der Waals surface area contributed by atoms with Crippen molar-refractivity contribution in [1.82, 2.24) is 10.4 Å². The smallest absolute Gasteiger partial charge is 0.284 e. The number of hydrogen-bond acceptors (Lipinski definition) is 4. The summed E-state index contributed by atoms with van der Waals surface area (Å²) in [6, 6.07) is 19.6. The van der Waals surface area contributed by atoms with E-state index >= 15 is 0 Å². The Labute approximate surface area is 179 Å². The summed E-state index contributed by atoms with van der Waals surface area (Å²) < 4.78 is 0. The highest BCUT2D eigenvalue weighted by molar-refractivity contribution is 7.14. The fraction of sp³-hybridized carbons (Fsp3) is 0.167. The van der Waals surface area contributed by atoms with E-state index < -0.39 is 5.91 Å². The number of nitrogens with zero attached hydrogens (tertiary/aromatic N) is 1. The lowest BCUT2D eigenvalue weighted by Crippen LogP contribution is -2.35. The molecule has 2 amide bonds. The van der Waals surface area contributed by atoms with Crippen molar-refractivity contribution in [1.29, 1.82) is 0 Å². The van der Waals surface area contributed by atoms with Gasteiger partial charge in [0.15, 0.2) is 0 Å². The maximum atomic E-state index is 13.5. The average Bonchev–Trinajstić information content (AvgIpc) is 3.21. The highest BCUT2D eigenvalue weighted by Crippen LogP contribution is 2.30. The van der Waals surface area contributed by atoms with Gasteiger partial charge in [0.1, 0.15) is 0 Å². The van der Waals surface area contributed by atoms with Gasteiger partial charge in [-0.15, -0.1) is 11.3 Å². The molecule has 2 N–H and O–H groups in total. The van der Waals surface area contributed by atoms with Crippen molar-refractivity contribution in [3.8, 4) is 0 Å². The Morgan fingerprint density at radius 3 is 2.53 bits per heavy atom. The number of nitrogens with one attached hydrogen (secondary N) is 1. The van der Waals surface area contributed by atoms with Crippen LogP contribution in [0.1, 0.15) is 36.8 Å². The van der Waals surface area contributed by atoms with Crippen LogP contribution in [-0.2, 0) is 17.8 Å². The summed E-state index contributed by atoms with van der Waals surface area (Å²) in [5.74, 6) is -0.552. The van der Waals surface area contributed by atoms with Crippen LogP contribution in [-0.4, -0.2) is 28.5 Å². The van der Waals surface area contributed by atoms with Crippen LogP contribution in [0.15, 0.2) is 60.7 Å². The second-order valence-corrected chi connectivity index (χ2v) is 8.45. The molecule has 1 aromatic heterocycles. The minimum absolute atomic E-state index is 0.0345. The summed E-state index contributed by atoms with van der Waals surface area (Å²) in [5.41, 5.74) is 6.27. The third-order valence-electron chi connectivity index (χ3n) is 5.18. The van der Waals surface area contributed by atoms with E-state index in [1.54, 1.807) is 11.5 Å². The largest absolute Gasteiger partial charge is 0.334 e. The van der Waals surface area contributed by atoms with Gasteiger partial charge in [-0.05, 0) is 42.2 Å². The minimum atomic E-state index is -0.517. The molecule has 1 aliphatic rings. The lowest BCUT2D eigenvalue weighted by atomic mass is 9.99. The van der Waals surface area contributed by atoms with Gasteiger partial charge < -0.3 is 4.90 Å². The Bertz CT molecular complexity index is 1100. The molecule has 0 saturated heterocycles. The number of fused-ring (bicyclic) bond motifs is 1. The number of rotatable bonds is 4. The molecule has 2 heterocycles. The number of aryl methyl sites for hydroxylation is 1. The van der Waals surface area contributed by atoms with Crippen LogP contribution in [0.2, 0.25) is 0 Å². The number of carbonyl (C=O) groups is 2. The number of hydrogen-bond donors (Lipinski definition) is 2.